The summed E-state index contributed by atoms with van der Waals surface area (Å²) in [6.07, 6.45) is 0. The molecule has 0 aliphatic heterocycles. The molecule has 0 heteroatoms. The number of rotatable bonds is 0. The highest BCUT2D eigenvalue weighted by molar-refractivity contribution is 5.35. The van der Waals surface area contributed by atoms with E-state index in [-0.39, 0.29) is 0 Å². The molecule has 2 fully saturated rings. The first-order chi connectivity index (χ1) is 8.29. The maximum Gasteiger partial charge on any atom is -0.0103 e. The fourth-order valence-electron chi connectivity index (χ4n) is 4.83. The van der Waals surface area contributed by atoms with Crippen LogP contribution in [-0.4, -0.2) is 0 Å². The summed E-state index contributed by atoms with van der Waals surface area (Å²) in [5, 5.41) is 0. The third-order valence-electron chi connectivity index (χ3n) is 6.84. The lowest BCUT2D eigenvalue weighted by Gasteiger charge is -2.56. The molecule has 0 saturated heterocycles. The molecule has 8 unspecified atom stereocenters. The molecule has 102 valence electrons. The van der Waals surface area contributed by atoms with Gasteiger partial charge in [-0.25, -0.2) is 0 Å². The standard InChI is InChI=1S/C18H30/c1-9-10(2)14(6)18-16(8)12(4)11(3)15(7)17(18)13(9)5/h10-12,14-18H,1,5H2,2-4,6-8H3. The summed E-state index contributed by atoms with van der Waals surface area (Å²) >= 11 is 0. The van der Waals surface area contributed by atoms with Crippen LogP contribution in [0.25, 0.3) is 0 Å². The summed E-state index contributed by atoms with van der Waals surface area (Å²) in [5.74, 6) is 6.02. The molecule has 0 bridgehead atoms. The van der Waals surface area contributed by atoms with E-state index in [1.54, 1.807) is 0 Å². The molecular weight excluding hydrogens is 216 g/mol. The van der Waals surface area contributed by atoms with Gasteiger partial charge in [-0.15, -0.1) is 0 Å². The number of allylic oxidation sites excluding steroid dienone is 2. The zero-order valence-corrected chi connectivity index (χ0v) is 13.0. The van der Waals surface area contributed by atoms with Crippen molar-refractivity contribution in [3.8, 4) is 0 Å². The van der Waals surface area contributed by atoms with Crippen molar-refractivity contribution in [2.45, 2.75) is 41.5 Å². The molecule has 0 radical (unpaired) electrons. The minimum absolute atomic E-state index is 0.606. The topological polar surface area (TPSA) is 0 Å². The van der Waals surface area contributed by atoms with E-state index in [4.69, 9.17) is 0 Å². The van der Waals surface area contributed by atoms with Crippen LogP contribution in [0.15, 0.2) is 24.3 Å². The van der Waals surface area contributed by atoms with Gasteiger partial charge in [0.15, 0.2) is 0 Å². The van der Waals surface area contributed by atoms with E-state index in [1.807, 2.05) is 0 Å². The Morgan fingerprint density at radius 2 is 1.11 bits per heavy atom. The zero-order valence-electron chi connectivity index (χ0n) is 13.0. The van der Waals surface area contributed by atoms with Crippen LogP contribution in [0.1, 0.15) is 41.5 Å². The smallest absolute Gasteiger partial charge is 0.0103 e. The molecule has 0 aromatic rings. The minimum atomic E-state index is 0.606. The highest BCUT2D eigenvalue weighted by Gasteiger charge is 2.50. The van der Waals surface area contributed by atoms with Crippen LogP contribution in [-0.2, 0) is 0 Å². The van der Waals surface area contributed by atoms with Crippen LogP contribution in [0, 0.1) is 47.3 Å². The Kier molecular flexibility index (Phi) is 3.51. The largest absolute Gasteiger partial charge is 0.0953 e. The third-order valence-corrected chi connectivity index (χ3v) is 6.84. The second-order valence-corrected chi connectivity index (χ2v) is 7.24. The van der Waals surface area contributed by atoms with Crippen molar-refractivity contribution >= 4 is 0 Å². The predicted octanol–water partition coefficient (Wildman–Crippen LogP) is 5.18. The fourth-order valence-corrected chi connectivity index (χ4v) is 4.83. The molecule has 0 amide bonds. The van der Waals surface area contributed by atoms with E-state index in [2.05, 4.69) is 54.7 Å². The normalized spacial score (nSPS) is 53.2. The van der Waals surface area contributed by atoms with Gasteiger partial charge in [-0.05, 0) is 58.5 Å². The van der Waals surface area contributed by atoms with E-state index in [0.29, 0.717) is 11.8 Å². The van der Waals surface area contributed by atoms with E-state index >= 15 is 0 Å². The van der Waals surface area contributed by atoms with Gasteiger partial charge in [-0.3, -0.25) is 0 Å². The fraction of sp³-hybridized carbons (Fsp3) is 0.778. The van der Waals surface area contributed by atoms with Crippen LogP contribution in [0.5, 0.6) is 0 Å². The molecule has 2 aliphatic rings. The van der Waals surface area contributed by atoms with Gasteiger partial charge < -0.3 is 0 Å². The molecule has 8 atom stereocenters. The summed E-state index contributed by atoms with van der Waals surface area (Å²) in [6.45, 7) is 23.3. The van der Waals surface area contributed by atoms with Gasteiger partial charge in [-0.1, -0.05) is 54.7 Å². The number of hydrogen-bond acceptors (Lipinski definition) is 0. The molecule has 2 saturated carbocycles. The van der Waals surface area contributed by atoms with Gasteiger partial charge in [0, 0.05) is 0 Å². The van der Waals surface area contributed by atoms with E-state index < -0.39 is 0 Å². The minimum Gasteiger partial charge on any atom is -0.0953 e. The van der Waals surface area contributed by atoms with Gasteiger partial charge in [0.25, 0.3) is 0 Å². The second kappa shape index (κ2) is 4.54. The molecule has 2 rings (SSSR count). The molecule has 2 aliphatic carbocycles. The van der Waals surface area contributed by atoms with Gasteiger partial charge in [-0.2, -0.15) is 0 Å². The monoisotopic (exact) mass is 246 g/mol. The highest BCUT2D eigenvalue weighted by atomic mass is 14.5. The first-order valence-electron chi connectivity index (χ1n) is 7.67. The van der Waals surface area contributed by atoms with Gasteiger partial charge in [0.1, 0.15) is 0 Å². The Morgan fingerprint density at radius 1 is 0.611 bits per heavy atom. The Balaban J connectivity index is 2.43. The molecule has 0 aromatic heterocycles. The van der Waals surface area contributed by atoms with Crippen molar-refractivity contribution in [1.82, 2.24) is 0 Å². The highest BCUT2D eigenvalue weighted by Crippen LogP contribution is 2.57. The Labute approximate surface area is 114 Å². The second-order valence-electron chi connectivity index (χ2n) is 7.24. The third kappa shape index (κ3) is 1.72. The van der Waals surface area contributed by atoms with Crippen molar-refractivity contribution in [3.63, 3.8) is 0 Å². The summed E-state index contributed by atoms with van der Waals surface area (Å²) in [5.41, 5.74) is 2.69. The molecule has 0 nitrogen and oxygen atoms in total. The van der Waals surface area contributed by atoms with Gasteiger partial charge in [0.05, 0.1) is 0 Å². The van der Waals surface area contributed by atoms with Crippen molar-refractivity contribution in [2.24, 2.45) is 47.3 Å². The lowest BCUT2D eigenvalue weighted by molar-refractivity contribution is -0.0186. The van der Waals surface area contributed by atoms with Crippen LogP contribution < -0.4 is 0 Å². The summed E-state index contributed by atoms with van der Waals surface area (Å²) in [4.78, 5) is 0. The average Bonchev–Trinajstić information content (AvgIpc) is 2.35. The van der Waals surface area contributed by atoms with Crippen LogP contribution in [0.2, 0.25) is 0 Å². The van der Waals surface area contributed by atoms with Crippen LogP contribution >= 0.6 is 0 Å². The molecule has 0 spiro atoms. The van der Waals surface area contributed by atoms with Crippen molar-refractivity contribution in [1.29, 1.82) is 0 Å². The van der Waals surface area contributed by atoms with E-state index in [9.17, 15) is 0 Å². The summed E-state index contributed by atoms with van der Waals surface area (Å²) < 4.78 is 0. The Morgan fingerprint density at radius 3 is 1.67 bits per heavy atom. The summed E-state index contributed by atoms with van der Waals surface area (Å²) in [7, 11) is 0. The maximum atomic E-state index is 4.41. The Hall–Kier alpha value is -0.520. The lowest BCUT2D eigenvalue weighted by atomic mass is 9.49. The molecule has 18 heavy (non-hydrogen) atoms. The first-order valence-corrected chi connectivity index (χ1v) is 7.67. The van der Waals surface area contributed by atoms with Crippen LogP contribution in [0.4, 0.5) is 0 Å². The van der Waals surface area contributed by atoms with Gasteiger partial charge >= 0.3 is 0 Å². The number of fused-ring (bicyclic) bond motifs is 1. The lowest BCUT2D eigenvalue weighted by Crippen LogP contribution is -2.49. The SMILES string of the molecule is C=C1C(=C)C2C(C)C(C)C(C)C(C)C2C(C)C1C. The predicted molar refractivity (Wildman–Crippen MR) is 80.2 cm³/mol. The molecule has 0 N–H and O–H groups in total. The van der Waals surface area contributed by atoms with E-state index in [0.717, 1.165) is 35.5 Å². The van der Waals surface area contributed by atoms with Gasteiger partial charge in [0.2, 0.25) is 0 Å². The van der Waals surface area contributed by atoms with Crippen molar-refractivity contribution in [3.05, 3.63) is 24.3 Å². The van der Waals surface area contributed by atoms with Crippen molar-refractivity contribution in [2.75, 3.05) is 0 Å². The van der Waals surface area contributed by atoms with E-state index in [1.165, 1.54) is 11.1 Å². The van der Waals surface area contributed by atoms with Crippen LogP contribution in [0.3, 0.4) is 0 Å². The summed E-state index contributed by atoms with van der Waals surface area (Å²) in [6, 6.07) is 0. The number of hydrogen-bond donors (Lipinski definition) is 0. The quantitative estimate of drug-likeness (QED) is 0.553. The maximum absolute atomic E-state index is 4.41. The molecular formula is C18H30. The molecule has 0 aromatic carbocycles. The molecule has 0 heterocycles. The first kappa shape index (κ1) is 13.9. The average molecular weight is 246 g/mol. The Bertz CT molecular complexity index is 364. The van der Waals surface area contributed by atoms with Crippen molar-refractivity contribution < 1.29 is 0 Å². The zero-order chi connectivity index (χ0) is 13.8.